The van der Waals surface area contributed by atoms with Crippen LogP contribution in [-0.2, 0) is 19.3 Å². The standard InChI is InChI=1S/C23H23N5OS/c1-16-11-24-23-27(14-18-12-25-26(2)13-18)22(29)20-10-19(8-9-21(20)28(16)23)30-15-17-6-4-3-5-7-17/h3-10,12-13,16H,11,14-15H2,1-2H3/t16-/m1/s1/i14D2. The lowest BCUT2D eigenvalue weighted by Gasteiger charge is -2.38. The lowest BCUT2D eigenvalue weighted by molar-refractivity contribution is 0.0833. The monoisotopic (exact) mass is 419 g/mol. The highest BCUT2D eigenvalue weighted by Crippen LogP contribution is 2.36. The van der Waals surface area contributed by atoms with Gasteiger partial charge in [-0.3, -0.25) is 19.4 Å². The molecule has 0 bridgehead atoms. The van der Waals surface area contributed by atoms with Gasteiger partial charge in [-0.25, -0.2) is 0 Å². The fourth-order valence-corrected chi connectivity index (χ4v) is 4.63. The molecule has 6 nitrogen and oxygen atoms in total. The summed E-state index contributed by atoms with van der Waals surface area (Å²) in [7, 11) is 1.73. The molecule has 0 aliphatic carbocycles. The maximum absolute atomic E-state index is 13.7. The van der Waals surface area contributed by atoms with Crippen molar-refractivity contribution in [2.24, 2.45) is 12.0 Å². The third kappa shape index (κ3) is 3.39. The molecule has 3 aromatic rings. The maximum atomic E-state index is 13.7. The molecule has 1 atom stereocenters. The Morgan fingerprint density at radius 2 is 2.03 bits per heavy atom. The molecular formula is C23H23N5OS. The van der Waals surface area contributed by atoms with Crippen molar-refractivity contribution in [3.63, 3.8) is 0 Å². The molecule has 0 saturated heterocycles. The molecule has 2 aromatic carbocycles. The van der Waals surface area contributed by atoms with E-state index >= 15 is 0 Å². The number of nitrogens with zero attached hydrogens (tertiary/aromatic N) is 5. The first-order valence-corrected chi connectivity index (χ1v) is 10.8. The number of amides is 1. The molecule has 3 heterocycles. The topological polar surface area (TPSA) is 53.7 Å². The molecule has 7 heteroatoms. The van der Waals surface area contributed by atoms with Crippen LogP contribution >= 0.6 is 11.8 Å². The Balaban J connectivity index is 1.53. The van der Waals surface area contributed by atoms with Crippen LogP contribution in [-0.4, -0.2) is 39.1 Å². The summed E-state index contributed by atoms with van der Waals surface area (Å²) in [6, 6.07) is 16.1. The summed E-state index contributed by atoms with van der Waals surface area (Å²) in [6.07, 6.45) is 3.05. The number of hydrogen-bond donors (Lipinski definition) is 0. The molecule has 0 spiro atoms. The van der Waals surface area contributed by atoms with Crippen LogP contribution in [0, 0.1) is 0 Å². The van der Waals surface area contributed by atoms with E-state index in [9.17, 15) is 4.79 Å². The molecule has 1 amide bonds. The summed E-state index contributed by atoms with van der Waals surface area (Å²) in [5.74, 6) is 0.759. The number of carbonyl (C=O) groups excluding carboxylic acids is 1. The lowest BCUT2D eigenvalue weighted by atomic mass is 10.1. The summed E-state index contributed by atoms with van der Waals surface area (Å²) in [5.41, 5.74) is 2.79. The number of anilines is 1. The number of fused-ring (bicyclic) bond motifs is 3. The van der Waals surface area contributed by atoms with Gasteiger partial charge in [0.1, 0.15) is 0 Å². The number of benzene rings is 2. The Hall–Kier alpha value is -3.06. The Morgan fingerprint density at radius 3 is 2.80 bits per heavy atom. The van der Waals surface area contributed by atoms with E-state index in [1.807, 2.05) is 48.2 Å². The summed E-state index contributed by atoms with van der Waals surface area (Å²) >= 11 is 1.66. The van der Waals surface area contributed by atoms with Gasteiger partial charge in [-0.1, -0.05) is 30.3 Å². The van der Waals surface area contributed by atoms with E-state index in [-0.39, 0.29) is 11.9 Å². The zero-order valence-electron chi connectivity index (χ0n) is 18.8. The van der Waals surface area contributed by atoms with E-state index in [0.717, 1.165) is 16.3 Å². The molecule has 0 radical (unpaired) electrons. The van der Waals surface area contributed by atoms with E-state index in [0.29, 0.717) is 23.6 Å². The Kier molecular flexibility index (Phi) is 4.26. The van der Waals surface area contributed by atoms with Crippen LogP contribution in [0.4, 0.5) is 5.69 Å². The molecular weight excluding hydrogens is 394 g/mol. The highest BCUT2D eigenvalue weighted by Gasteiger charge is 2.40. The van der Waals surface area contributed by atoms with Crippen LogP contribution in [0.2, 0.25) is 0 Å². The molecule has 1 aromatic heterocycles. The van der Waals surface area contributed by atoms with Crippen molar-refractivity contribution in [3.05, 3.63) is 77.6 Å². The van der Waals surface area contributed by atoms with Gasteiger partial charge in [0.2, 0.25) is 5.96 Å². The van der Waals surface area contributed by atoms with Gasteiger partial charge < -0.3 is 4.90 Å². The predicted molar refractivity (Wildman–Crippen MR) is 120 cm³/mol. The molecule has 5 rings (SSSR count). The largest absolute Gasteiger partial charge is 0.307 e. The predicted octanol–water partition coefficient (Wildman–Crippen LogP) is 3.93. The molecule has 0 N–H and O–H groups in total. The summed E-state index contributed by atoms with van der Waals surface area (Å²) in [5, 5.41) is 4.10. The first-order chi connectivity index (χ1) is 15.4. The van der Waals surface area contributed by atoms with Gasteiger partial charge in [-0.05, 0) is 30.7 Å². The van der Waals surface area contributed by atoms with Crippen LogP contribution in [0.25, 0.3) is 0 Å². The van der Waals surface area contributed by atoms with Crippen molar-refractivity contribution < 1.29 is 7.54 Å². The number of rotatable bonds is 5. The second-order valence-electron chi connectivity index (χ2n) is 7.47. The number of aryl methyl sites for hydroxylation is 1. The minimum absolute atomic E-state index is 0.0341. The van der Waals surface area contributed by atoms with Crippen molar-refractivity contribution in [2.75, 3.05) is 11.4 Å². The number of aromatic nitrogens is 2. The highest BCUT2D eigenvalue weighted by atomic mass is 32.2. The van der Waals surface area contributed by atoms with Crippen molar-refractivity contribution in [2.45, 2.75) is 30.1 Å². The Bertz CT molecular complexity index is 1210. The fraction of sp³-hybridized carbons (Fsp3) is 0.261. The van der Waals surface area contributed by atoms with E-state index in [2.05, 4.69) is 22.2 Å². The molecule has 2 aliphatic heterocycles. The Labute approximate surface area is 183 Å². The summed E-state index contributed by atoms with van der Waals surface area (Å²) in [4.78, 5) is 22.3. The van der Waals surface area contributed by atoms with Crippen molar-refractivity contribution in [1.82, 2.24) is 14.7 Å². The SMILES string of the molecule is [2H]C([2H])(c1cnn(C)c1)N1C(=O)c2cc(SCc3ccccc3)ccc2N2C1=NC[C@H]2C. The van der Waals surface area contributed by atoms with Crippen molar-refractivity contribution in [3.8, 4) is 0 Å². The van der Waals surface area contributed by atoms with Crippen LogP contribution in [0.5, 0.6) is 0 Å². The van der Waals surface area contributed by atoms with Gasteiger partial charge in [0.25, 0.3) is 5.91 Å². The van der Waals surface area contributed by atoms with E-state index in [1.54, 1.807) is 25.0 Å². The van der Waals surface area contributed by atoms with Gasteiger partial charge in [0.05, 0.1) is 39.3 Å². The minimum atomic E-state index is -2.09. The molecule has 0 unspecified atom stereocenters. The van der Waals surface area contributed by atoms with Gasteiger partial charge in [0.15, 0.2) is 0 Å². The summed E-state index contributed by atoms with van der Waals surface area (Å²) in [6.45, 7) is 0.454. The Morgan fingerprint density at radius 1 is 1.20 bits per heavy atom. The second-order valence-corrected chi connectivity index (χ2v) is 8.52. The minimum Gasteiger partial charge on any atom is -0.307 e. The van der Waals surface area contributed by atoms with Gasteiger partial charge in [-0.15, -0.1) is 11.8 Å². The third-order valence-corrected chi connectivity index (χ3v) is 6.27. The molecule has 152 valence electrons. The number of aliphatic imine (C=N–C) groups is 1. The molecule has 0 saturated carbocycles. The van der Waals surface area contributed by atoms with Gasteiger partial charge in [-0.2, -0.15) is 5.10 Å². The zero-order valence-corrected chi connectivity index (χ0v) is 17.6. The molecule has 30 heavy (non-hydrogen) atoms. The van der Waals surface area contributed by atoms with Crippen LogP contribution in [0.1, 0.15) is 31.2 Å². The van der Waals surface area contributed by atoms with E-state index in [1.165, 1.54) is 21.3 Å². The summed E-state index contributed by atoms with van der Waals surface area (Å²) < 4.78 is 19.2. The number of guanidine groups is 1. The molecule has 2 aliphatic rings. The quantitative estimate of drug-likeness (QED) is 0.588. The maximum Gasteiger partial charge on any atom is 0.263 e. The van der Waals surface area contributed by atoms with E-state index in [4.69, 9.17) is 2.74 Å². The van der Waals surface area contributed by atoms with Crippen molar-refractivity contribution >= 4 is 29.3 Å². The molecule has 0 fully saturated rings. The highest BCUT2D eigenvalue weighted by molar-refractivity contribution is 7.98. The van der Waals surface area contributed by atoms with Crippen molar-refractivity contribution in [1.29, 1.82) is 0 Å². The van der Waals surface area contributed by atoms with Gasteiger partial charge >= 0.3 is 0 Å². The lowest BCUT2D eigenvalue weighted by Crippen LogP contribution is -2.51. The van der Waals surface area contributed by atoms with E-state index < -0.39 is 6.50 Å². The fourth-order valence-electron chi connectivity index (χ4n) is 3.74. The number of hydrogen-bond acceptors (Lipinski definition) is 5. The van der Waals surface area contributed by atoms with Gasteiger partial charge in [0, 0.05) is 29.5 Å². The number of carbonyl (C=O) groups is 1. The third-order valence-electron chi connectivity index (χ3n) is 5.21. The van der Waals surface area contributed by atoms with Crippen LogP contribution in [0.3, 0.4) is 0 Å². The van der Waals surface area contributed by atoms with Crippen LogP contribution in [0.15, 0.2) is 70.8 Å². The average molecular weight is 420 g/mol. The smallest absolute Gasteiger partial charge is 0.263 e. The van der Waals surface area contributed by atoms with Crippen LogP contribution < -0.4 is 4.90 Å². The first-order valence-electron chi connectivity index (χ1n) is 10.8. The first kappa shape index (κ1) is 16.7. The second kappa shape index (κ2) is 7.65. The normalized spacial score (nSPS) is 19.2. The zero-order chi connectivity index (χ0) is 22.5. The number of thioether (sulfide) groups is 1. The average Bonchev–Trinajstić information content (AvgIpc) is 3.39.